The Bertz CT molecular complexity index is 1330. The number of hydrogen-bond donors (Lipinski definition) is 2. The quantitative estimate of drug-likeness (QED) is 0.390. The molecule has 2 heterocycles. The van der Waals surface area contributed by atoms with E-state index in [0.717, 1.165) is 26.2 Å². The lowest BCUT2D eigenvalue weighted by Crippen LogP contribution is -2.43. The first kappa shape index (κ1) is 22.3. The van der Waals surface area contributed by atoms with E-state index in [1.165, 1.54) is 24.5 Å². The van der Waals surface area contributed by atoms with E-state index >= 15 is 0 Å². The van der Waals surface area contributed by atoms with Gasteiger partial charge in [0, 0.05) is 37.3 Å². The van der Waals surface area contributed by atoms with Gasteiger partial charge in [-0.1, -0.05) is 23.7 Å². The van der Waals surface area contributed by atoms with Crippen LogP contribution in [0.3, 0.4) is 0 Å². The molecule has 1 aliphatic rings. The van der Waals surface area contributed by atoms with Crippen molar-refractivity contribution in [2.24, 2.45) is 0 Å². The van der Waals surface area contributed by atoms with Gasteiger partial charge in [0.1, 0.15) is 36.1 Å². The zero-order chi connectivity index (χ0) is 23.5. The number of aromatic nitrogens is 2. The van der Waals surface area contributed by atoms with Crippen molar-refractivity contribution in [3.8, 4) is 5.75 Å². The molecular formula is C25H22ClF2N5O. The third-order valence-electron chi connectivity index (χ3n) is 5.64. The number of hydrogen-bond acceptors (Lipinski definition) is 6. The SMILES string of the molecule is Fc1cccc(COc2ccc(Nc3ncnc4cc(N5CCNCC5)c(F)cc34)cc2Cl)c1. The predicted molar refractivity (Wildman–Crippen MR) is 130 cm³/mol. The van der Waals surface area contributed by atoms with E-state index in [4.69, 9.17) is 16.3 Å². The van der Waals surface area contributed by atoms with E-state index in [1.807, 2.05) is 4.90 Å². The molecule has 1 fully saturated rings. The highest BCUT2D eigenvalue weighted by Gasteiger charge is 2.17. The molecule has 174 valence electrons. The predicted octanol–water partition coefficient (Wildman–Crippen LogP) is 5.29. The van der Waals surface area contributed by atoms with Gasteiger partial charge in [-0.05, 0) is 48.0 Å². The number of fused-ring (bicyclic) bond motifs is 1. The largest absolute Gasteiger partial charge is 0.487 e. The van der Waals surface area contributed by atoms with Crippen LogP contribution in [0.25, 0.3) is 10.9 Å². The van der Waals surface area contributed by atoms with Gasteiger partial charge in [-0.2, -0.15) is 0 Å². The van der Waals surface area contributed by atoms with E-state index < -0.39 is 0 Å². The molecule has 0 amide bonds. The summed E-state index contributed by atoms with van der Waals surface area (Å²) in [6.07, 6.45) is 1.45. The van der Waals surface area contributed by atoms with Gasteiger partial charge < -0.3 is 20.3 Å². The Morgan fingerprint density at radius 3 is 2.68 bits per heavy atom. The summed E-state index contributed by atoms with van der Waals surface area (Å²) in [6.45, 7) is 3.30. The molecule has 0 radical (unpaired) electrons. The summed E-state index contributed by atoms with van der Waals surface area (Å²) >= 11 is 6.40. The lowest BCUT2D eigenvalue weighted by molar-refractivity contribution is 0.306. The van der Waals surface area contributed by atoms with Crippen molar-refractivity contribution in [3.05, 3.63) is 83.1 Å². The standard InChI is InChI=1S/C25H22ClF2N5O/c26-20-11-18(4-5-24(20)34-14-16-2-1-3-17(27)10-16)32-25-19-12-21(28)23(13-22(19)30-15-31-25)33-8-6-29-7-9-33/h1-5,10-13,15,29H,6-9,14H2,(H,30,31,32). The summed E-state index contributed by atoms with van der Waals surface area (Å²) in [5.74, 6) is 0.308. The summed E-state index contributed by atoms with van der Waals surface area (Å²) in [7, 11) is 0. The normalized spacial score (nSPS) is 13.8. The lowest BCUT2D eigenvalue weighted by Gasteiger charge is -2.29. The van der Waals surface area contributed by atoms with Crippen molar-refractivity contribution in [1.29, 1.82) is 0 Å². The van der Waals surface area contributed by atoms with Gasteiger partial charge in [-0.15, -0.1) is 0 Å². The topological polar surface area (TPSA) is 62.3 Å². The van der Waals surface area contributed by atoms with Gasteiger partial charge in [0.05, 0.1) is 16.2 Å². The average Bonchev–Trinajstić information content (AvgIpc) is 2.84. The Hall–Kier alpha value is -3.49. The molecule has 9 heteroatoms. The molecule has 0 spiro atoms. The molecule has 1 aromatic heterocycles. The lowest BCUT2D eigenvalue weighted by atomic mass is 10.1. The Morgan fingerprint density at radius 1 is 1.03 bits per heavy atom. The van der Waals surface area contributed by atoms with Gasteiger partial charge in [0.2, 0.25) is 0 Å². The van der Waals surface area contributed by atoms with Crippen LogP contribution >= 0.6 is 11.6 Å². The maximum atomic E-state index is 15.0. The number of anilines is 3. The third-order valence-corrected chi connectivity index (χ3v) is 5.93. The minimum Gasteiger partial charge on any atom is -0.487 e. The first-order valence-corrected chi connectivity index (χ1v) is 11.3. The molecule has 0 unspecified atom stereocenters. The Balaban J connectivity index is 1.35. The number of ether oxygens (including phenoxy) is 1. The fourth-order valence-electron chi connectivity index (χ4n) is 3.93. The third kappa shape index (κ3) is 4.88. The van der Waals surface area contributed by atoms with Crippen molar-refractivity contribution in [2.75, 3.05) is 36.4 Å². The van der Waals surface area contributed by atoms with Crippen LogP contribution in [0, 0.1) is 11.6 Å². The first-order chi connectivity index (χ1) is 16.6. The van der Waals surface area contributed by atoms with Crippen LogP contribution in [0.1, 0.15) is 5.56 Å². The molecular weight excluding hydrogens is 460 g/mol. The van der Waals surface area contributed by atoms with Crippen molar-refractivity contribution in [2.45, 2.75) is 6.61 Å². The van der Waals surface area contributed by atoms with Gasteiger partial charge >= 0.3 is 0 Å². The van der Waals surface area contributed by atoms with E-state index in [-0.39, 0.29) is 18.2 Å². The van der Waals surface area contributed by atoms with E-state index in [2.05, 4.69) is 20.6 Å². The molecule has 1 saturated heterocycles. The summed E-state index contributed by atoms with van der Waals surface area (Å²) in [4.78, 5) is 10.7. The number of benzene rings is 3. The monoisotopic (exact) mass is 481 g/mol. The Labute approximate surface area is 200 Å². The Kier molecular flexibility index (Phi) is 6.42. The number of rotatable bonds is 6. The second-order valence-corrected chi connectivity index (χ2v) is 8.38. The zero-order valence-corrected chi connectivity index (χ0v) is 18.9. The minimum atomic E-state index is -0.319. The smallest absolute Gasteiger partial charge is 0.147 e. The average molecular weight is 482 g/mol. The highest BCUT2D eigenvalue weighted by atomic mass is 35.5. The molecule has 6 nitrogen and oxygen atoms in total. The molecule has 34 heavy (non-hydrogen) atoms. The molecule has 0 aliphatic carbocycles. The van der Waals surface area contributed by atoms with Gasteiger partial charge in [0.25, 0.3) is 0 Å². The van der Waals surface area contributed by atoms with Crippen molar-refractivity contribution in [3.63, 3.8) is 0 Å². The second-order valence-electron chi connectivity index (χ2n) is 7.97. The van der Waals surface area contributed by atoms with E-state index in [9.17, 15) is 8.78 Å². The molecule has 3 aromatic carbocycles. The fourth-order valence-corrected chi connectivity index (χ4v) is 4.17. The number of piperazine rings is 1. The van der Waals surface area contributed by atoms with Crippen LogP contribution in [0.4, 0.5) is 26.0 Å². The van der Waals surface area contributed by atoms with Gasteiger partial charge in [-0.25, -0.2) is 18.7 Å². The van der Waals surface area contributed by atoms with Crippen LogP contribution < -0.4 is 20.3 Å². The first-order valence-electron chi connectivity index (χ1n) is 10.9. The van der Waals surface area contributed by atoms with Gasteiger partial charge in [0.15, 0.2) is 0 Å². The molecule has 0 saturated carbocycles. The number of nitrogens with one attached hydrogen (secondary N) is 2. The maximum absolute atomic E-state index is 15.0. The molecule has 4 aromatic rings. The number of halogens is 3. The van der Waals surface area contributed by atoms with Crippen LogP contribution in [-0.4, -0.2) is 36.1 Å². The van der Waals surface area contributed by atoms with Crippen LogP contribution in [0.15, 0.2) is 60.9 Å². The van der Waals surface area contributed by atoms with E-state index in [1.54, 1.807) is 36.4 Å². The van der Waals surface area contributed by atoms with Crippen LogP contribution in [0.2, 0.25) is 5.02 Å². The second kappa shape index (κ2) is 9.79. The molecule has 5 rings (SSSR count). The van der Waals surface area contributed by atoms with Gasteiger partial charge in [-0.3, -0.25) is 0 Å². The molecule has 2 N–H and O–H groups in total. The Morgan fingerprint density at radius 2 is 1.88 bits per heavy atom. The van der Waals surface area contributed by atoms with Crippen LogP contribution in [0.5, 0.6) is 5.75 Å². The molecule has 1 aliphatic heterocycles. The highest BCUT2D eigenvalue weighted by Crippen LogP contribution is 2.33. The highest BCUT2D eigenvalue weighted by molar-refractivity contribution is 6.32. The summed E-state index contributed by atoms with van der Waals surface area (Å²) in [6, 6.07) is 14.6. The minimum absolute atomic E-state index is 0.190. The molecule has 0 bridgehead atoms. The van der Waals surface area contributed by atoms with Crippen LogP contribution in [-0.2, 0) is 6.61 Å². The number of nitrogens with zero attached hydrogens (tertiary/aromatic N) is 3. The summed E-state index contributed by atoms with van der Waals surface area (Å²) < 4.78 is 34.1. The summed E-state index contributed by atoms with van der Waals surface area (Å²) in [5.41, 5.74) is 2.55. The molecule has 0 atom stereocenters. The zero-order valence-electron chi connectivity index (χ0n) is 18.2. The van der Waals surface area contributed by atoms with Crippen molar-refractivity contribution >= 4 is 39.7 Å². The van der Waals surface area contributed by atoms with Crippen molar-refractivity contribution < 1.29 is 13.5 Å². The summed E-state index contributed by atoms with van der Waals surface area (Å²) in [5, 5.41) is 7.41. The maximum Gasteiger partial charge on any atom is 0.147 e. The van der Waals surface area contributed by atoms with Crippen molar-refractivity contribution in [1.82, 2.24) is 15.3 Å². The fraction of sp³-hybridized carbons (Fsp3) is 0.200. The van der Waals surface area contributed by atoms with E-state index in [0.29, 0.717) is 44.4 Å².